The van der Waals surface area contributed by atoms with Gasteiger partial charge in [0.25, 0.3) is 0 Å². The van der Waals surface area contributed by atoms with Crippen molar-refractivity contribution in [2.24, 2.45) is 5.41 Å². The summed E-state index contributed by atoms with van der Waals surface area (Å²) in [5.41, 5.74) is -0.183. The highest BCUT2D eigenvalue weighted by Gasteiger charge is 2.40. The van der Waals surface area contributed by atoms with Crippen LogP contribution in [0.5, 0.6) is 0 Å². The van der Waals surface area contributed by atoms with Crippen molar-refractivity contribution >= 4 is 17.2 Å². The molecular formula is C14H23N3OS. The van der Waals surface area contributed by atoms with Gasteiger partial charge in [0, 0.05) is 30.6 Å². The Bertz CT molecular complexity index is 399. The summed E-state index contributed by atoms with van der Waals surface area (Å²) in [4.78, 5) is 16.8. The third-order valence-corrected chi connectivity index (χ3v) is 4.90. The molecule has 0 radical (unpaired) electrons. The van der Waals surface area contributed by atoms with Gasteiger partial charge in [-0.05, 0) is 19.4 Å². The van der Waals surface area contributed by atoms with Crippen LogP contribution in [0, 0.1) is 5.41 Å². The van der Waals surface area contributed by atoms with Gasteiger partial charge in [-0.1, -0.05) is 20.3 Å². The van der Waals surface area contributed by atoms with E-state index in [0.717, 1.165) is 37.4 Å². The normalized spacial score (nSPS) is 24.3. The van der Waals surface area contributed by atoms with Crippen LogP contribution < -0.4 is 10.6 Å². The van der Waals surface area contributed by atoms with E-state index in [1.165, 1.54) is 0 Å². The molecule has 1 saturated heterocycles. The number of hydrogen-bond donors (Lipinski definition) is 2. The highest BCUT2D eigenvalue weighted by molar-refractivity contribution is 7.09. The van der Waals surface area contributed by atoms with Gasteiger partial charge in [0.2, 0.25) is 5.91 Å². The second-order valence-electron chi connectivity index (χ2n) is 5.44. The molecule has 1 fully saturated rings. The summed E-state index contributed by atoms with van der Waals surface area (Å²) >= 11 is 1.65. The van der Waals surface area contributed by atoms with E-state index in [1.807, 2.05) is 11.6 Å². The smallest absolute Gasteiger partial charge is 0.227 e. The third-order valence-electron chi connectivity index (χ3n) is 3.90. The molecule has 0 saturated carbocycles. The van der Waals surface area contributed by atoms with Gasteiger partial charge in [0.05, 0.1) is 10.4 Å². The molecule has 5 heteroatoms. The SMILES string of the molecule is CCCC1(C(=O)NCC(C)c2nccs2)CCNC1. The van der Waals surface area contributed by atoms with Gasteiger partial charge in [0.1, 0.15) is 0 Å². The Labute approximate surface area is 119 Å². The maximum Gasteiger partial charge on any atom is 0.227 e. The lowest BCUT2D eigenvalue weighted by Crippen LogP contribution is -2.43. The Kier molecular flexibility index (Phi) is 4.93. The number of thiazole rings is 1. The van der Waals surface area contributed by atoms with Gasteiger partial charge in [-0.2, -0.15) is 0 Å². The standard InChI is InChI=1S/C14H23N3OS/c1-3-4-14(5-6-15-10-14)13(18)17-9-11(2)12-16-7-8-19-12/h7-8,11,15H,3-6,9-10H2,1-2H3,(H,17,18). The Morgan fingerprint density at radius 1 is 1.68 bits per heavy atom. The monoisotopic (exact) mass is 281 g/mol. The maximum atomic E-state index is 12.5. The fourth-order valence-electron chi connectivity index (χ4n) is 2.74. The number of amides is 1. The molecule has 2 rings (SSSR count). The van der Waals surface area contributed by atoms with Crippen molar-refractivity contribution in [2.45, 2.75) is 39.0 Å². The summed E-state index contributed by atoms with van der Waals surface area (Å²) in [5.74, 6) is 0.500. The van der Waals surface area contributed by atoms with E-state index in [1.54, 1.807) is 11.3 Å². The van der Waals surface area contributed by atoms with Crippen molar-refractivity contribution in [1.82, 2.24) is 15.6 Å². The second kappa shape index (κ2) is 6.48. The lowest BCUT2D eigenvalue weighted by atomic mass is 9.81. The van der Waals surface area contributed by atoms with E-state index < -0.39 is 0 Å². The van der Waals surface area contributed by atoms with Gasteiger partial charge in [-0.3, -0.25) is 4.79 Å². The molecule has 2 atom stereocenters. The zero-order valence-corrected chi connectivity index (χ0v) is 12.6. The average Bonchev–Trinajstić information content (AvgIpc) is 3.07. The Morgan fingerprint density at radius 2 is 2.53 bits per heavy atom. The van der Waals surface area contributed by atoms with E-state index in [0.29, 0.717) is 6.54 Å². The summed E-state index contributed by atoms with van der Waals surface area (Å²) in [7, 11) is 0. The van der Waals surface area contributed by atoms with E-state index in [2.05, 4.69) is 29.5 Å². The fourth-order valence-corrected chi connectivity index (χ4v) is 3.44. The van der Waals surface area contributed by atoms with Crippen molar-refractivity contribution in [3.05, 3.63) is 16.6 Å². The predicted molar refractivity (Wildman–Crippen MR) is 78.4 cm³/mol. The lowest BCUT2D eigenvalue weighted by molar-refractivity contribution is -0.130. The van der Waals surface area contributed by atoms with Crippen molar-refractivity contribution in [2.75, 3.05) is 19.6 Å². The number of aromatic nitrogens is 1. The van der Waals surface area contributed by atoms with Crippen LogP contribution in [-0.4, -0.2) is 30.5 Å². The van der Waals surface area contributed by atoms with Gasteiger partial charge in [0.15, 0.2) is 0 Å². The largest absolute Gasteiger partial charge is 0.355 e. The van der Waals surface area contributed by atoms with Crippen LogP contribution in [0.25, 0.3) is 0 Å². The summed E-state index contributed by atoms with van der Waals surface area (Å²) in [6.07, 6.45) is 4.80. The molecule has 1 aliphatic heterocycles. The molecule has 106 valence electrons. The van der Waals surface area contributed by atoms with Crippen molar-refractivity contribution < 1.29 is 4.79 Å². The molecule has 0 spiro atoms. The molecule has 0 aliphatic carbocycles. The van der Waals surface area contributed by atoms with E-state index in [-0.39, 0.29) is 17.2 Å². The van der Waals surface area contributed by atoms with Gasteiger partial charge >= 0.3 is 0 Å². The summed E-state index contributed by atoms with van der Waals surface area (Å²) < 4.78 is 0. The zero-order valence-electron chi connectivity index (χ0n) is 11.7. The highest BCUT2D eigenvalue weighted by atomic mass is 32.1. The van der Waals surface area contributed by atoms with Gasteiger partial charge < -0.3 is 10.6 Å². The molecule has 0 bridgehead atoms. The Hall–Kier alpha value is -0.940. The minimum atomic E-state index is -0.183. The van der Waals surface area contributed by atoms with E-state index >= 15 is 0 Å². The Morgan fingerprint density at radius 3 is 3.11 bits per heavy atom. The number of nitrogens with one attached hydrogen (secondary N) is 2. The first-order valence-corrected chi connectivity index (χ1v) is 7.94. The van der Waals surface area contributed by atoms with Crippen LogP contribution in [0.15, 0.2) is 11.6 Å². The number of carbonyl (C=O) groups excluding carboxylic acids is 1. The molecule has 1 aromatic heterocycles. The summed E-state index contributed by atoms with van der Waals surface area (Å²) in [6.45, 7) is 6.70. The van der Waals surface area contributed by atoms with Crippen LogP contribution in [-0.2, 0) is 4.79 Å². The maximum absolute atomic E-state index is 12.5. The molecule has 1 aromatic rings. The first-order chi connectivity index (χ1) is 9.18. The first kappa shape index (κ1) is 14.5. The minimum Gasteiger partial charge on any atom is -0.355 e. The van der Waals surface area contributed by atoms with Crippen LogP contribution in [0.3, 0.4) is 0 Å². The topological polar surface area (TPSA) is 54.0 Å². The minimum absolute atomic E-state index is 0.183. The molecular weight excluding hydrogens is 258 g/mol. The lowest BCUT2D eigenvalue weighted by Gasteiger charge is -2.27. The molecule has 1 aliphatic rings. The summed E-state index contributed by atoms with van der Waals surface area (Å²) in [6, 6.07) is 0. The molecule has 4 nitrogen and oxygen atoms in total. The molecule has 1 amide bonds. The zero-order chi connectivity index (χ0) is 13.7. The fraction of sp³-hybridized carbons (Fsp3) is 0.714. The number of carbonyl (C=O) groups is 1. The van der Waals surface area contributed by atoms with E-state index in [4.69, 9.17) is 0 Å². The predicted octanol–water partition coefficient (Wildman–Crippen LogP) is 2.14. The van der Waals surface area contributed by atoms with Crippen LogP contribution in [0.1, 0.15) is 44.0 Å². The average molecular weight is 281 g/mol. The Balaban J connectivity index is 1.89. The van der Waals surface area contributed by atoms with Crippen LogP contribution in [0.4, 0.5) is 0 Å². The van der Waals surface area contributed by atoms with Gasteiger partial charge in [-0.25, -0.2) is 4.98 Å². The number of nitrogens with zero attached hydrogens (tertiary/aromatic N) is 1. The van der Waals surface area contributed by atoms with Crippen molar-refractivity contribution in [3.8, 4) is 0 Å². The molecule has 2 heterocycles. The highest BCUT2D eigenvalue weighted by Crippen LogP contribution is 2.31. The van der Waals surface area contributed by atoms with E-state index in [9.17, 15) is 4.79 Å². The number of hydrogen-bond acceptors (Lipinski definition) is 4. The molecule has 2 unspecified atom stereocenters. The van der Waals surface area contributed by atoms with Crippen LogP contribution >= 0.6 is 11.3 Å². The van der Waals surface area contributed by atoms with Crippen molar-refractivity contribution in [3.63, 3.8) is 0 Å². The quantitative estimate of drug-likeness (QED) is 0.840. The summed E-state index contributed by atoms with van der Waals surface area (Å²) in [5, 5.41) is 9.52. The van der Waals surface area contributed by atoms with Crippen molar-refractivity contribution in [1.29, 1.82) is 0 Å². The number of rotatable bonds is 6. The van der Waals surface area contributed by atoms with Gasteiger partial charge in [-0.15, -0.1) is 11.3 Å². The second-order valence-corrected chi connectivity index (χ2v) is 6.36. The third kappa shape index (κ3) is 3.34. The first-order valence-electron chi connectivity index (χ1n) is 7.06. The van der Waals surface area contributed by atoms with Crippen LogP contribution in [0.2, 0.25) is 0 Å². The molecule has 19 heavy (non-hydrogen) atoms. The molecule has 0 aromatic carbocycles. The molecule has 2 N–H and O–H groups in total.